The fourth-order valence-electron chi connectivity index (χ4n) is 3.12. The van der Waals surface area contributed by atoms with Crippen molar-refractivity contribution in [2.45, 2.75) is 12.8 Å². The molecule has 0 bridgehead atoms. The number of carbonyl (C=O) groups excluding carboxylic acids is 1. The minimum absolute atomic E-state index is 0.0243. The van der Waals surface area contributed by atoms with Gasteiger partial charge in [-0.3, -0.25) is 14.8 Å². The molecule has 0 saturated carbocycles. The van der Waals surface area contributed by atoms with Gasteiger partial charge >= 0.3 is 0 Å². The van der Waals surface area contributed by atoms with Crippen LogP contribution in [-0.2, 0) is 6.42 Å². The molecule has 0 N–H and O–H groups in total. The summed E-state index contributed by atoms with van der Waals surface area (Å²) >= 11 is 0. The van der Waals surface area contributed by atoms with Crippen molar-refractivity contribution in [3.63, 3.8) is 0 Å². The third-order valence-electron chi connectivity index (χ3n) is 4.68. The van der Waals surface area contributed by atoms with Gasteiger partial charge in [-0.1, -0.05) is 12.1 Å². The number of rotatable bonds is 6. The maximum atomic E-state index is 12.7. The minimum Gasteiger partial charge on any atom is -0.497 e. The fourth-order valence-corrected chi connectivity index (χ4v) is 3.12. The Morgan fingerprint density at radius 1 is 0.929 bits per heavy atom. The number of Topliss-reactive ketones (excluding diaryl/α,β-unsaturated/α-hetero) is 1. The third kappa shape index (κ3) is 3.74. The molecule has 28 heavy (non-hydrogen) atoms. The lowest BCUT2D eigenvalue weighted by atomic mass is 10.0. The topological polar surface area (TPSA) is 65.0 Å². The Morgan fingerprint density at radius 2 is 1.71 bits per heavy atom. The Morgan fingerprint density at radius 3 is 2.46 bits per heavy atom. The summed E-state index contributed by atoms with van der Waals surface area (Å²) < 4.78 is 5.23. The smallest absolute Gasteiger partial charge is 0.181 e. The molecule has 0 spiro atoms. The van der Waals surface area contributed by atoms with Crippen molar-refractivity contribution in [2.75, 3.05) is 7.11 Å². The molecule has 4 rings (SSSR count). The summed E-state index contributed by atoms with van der Waals surface area (Å²) in [6.07, 6.45) is 8.10. The largest absolute Gasteiger partial charge is 0.497 e. The monoisotopic (exact) mass is 369 g/mol. The number of benzene rings is 1. The van der Waals surface area contributed by atoms with Crippen LogP contribution < -0.4 is 4.74 Å². The van der Waals surface area contributed by atoms with Crippen LogP contribution in [0.3, 0.4) is 0 Å². The molecule has 0 unspecified atom stereocenters. The molecule has 5 nitrogen and oxygen atoms in total. The van der Waals surface area contributed by atoms with Gasteiger partial charge in [0, 0.05) is 42.2 Å². The molecule has 0 saturated heterocycles. The lowest BCUT2D eigenvalue weighted by Crippen LogP contribution is -2.04. The first-order valence-corrected chi connectivity index (χ1v) is 9.06. The summed E-state index contributed by atoms with van der Waals surface area (Å²) in [6.45, 7) is 0. The second kappa shape index (κ2) is 7.96. The van der Waals surface area contributed by atoms with Gasteiger partial charge < -0.3 is 4.74 Å². The van der Waals surface area contributed by atoms with Gasteiger partial charge in [-0.25, -0.2) is 4.98 Å². The zero-order valence-corrected chi connectivity index (χ0v) is 15.5. The highest BCUT2D eigenvalue weighted by Crippen LogP contribution is 2.28. The van der Waals surface area contributed by atoms with Crippen molar-refractivity contribution in [2.24, 2.45) is 0 Å². The predicted octanol–water partition coefficient (Wildman–Crippen LogP) is 4.52. The number of methoxy groups -OCH3 is 1. The molecule has 0 atom stereocenters. The summed E-state index contributed by atoms with van der Waals surface area (Å²) in [6, 6.07) is 15.3. The van der Waals surface area contributed by atoms with E-state index in [4.69, 9.17) is 4.74 Å². The average Bonchev–Trinajstić information content (AvgIpc) is 2.77. The van der Waals surface area contributed by atoms with Gasteiger partial charge in [0.25, 0.3) is 0 Å². The number of hydrogen-bond acceptors (Lipinski definition) is 5. The summed E-state index contributed by atoms with van der Waals surface area (Å²) in [7, 11) is 1.64. The van der Waals surface area contributed by atoms with Crippen LogP contribution in [0.4, 0.5) is 0 Å². The van der Waals surface area contributed by atoms with E-state index in [1.807, 2.05) is 42.5 Å². The number of carbonyl (C=O) groups is 1. The second-order valence-corrected chi connectivity index (χ2v) is 6.46. The van der Waals surface area contributed by atoms with Crippen LogP contribution in [0.5, 0.6) is 5.75 Å². The Labute approximate surface area is 163 Å². The first-order valence-electron chi connectivity index (χ1n) is 9.06. The summed E-state index contributed by atoms with van der Waals surface area (Å²) in [4.78, 5) is 25.7. The number of aryl methyl sites for hydroxylation is 1. The number of hydrogen-bond donors (Lipinski definition) is 0. The minimum atomic E-state index is 0.0243. The standard InChI is InChI=1S/C23H19N3O2/c1-28-19-6-3-17(4-7-19)20-15-25-14-18-5-8-21(26-23(18)20)22(27)9-2-16-10-12-24-13-11-16/h3-8,10-15H,2,9H2,1H3. The van der Waals surface area contributed by atoms with E-state index in [9.17, 15) is 4.79 Å². The van der Waals surface area contributed by atoms with Crippen molar-refractivity contribution in [1.82, 2.24) is 15.0 Å². The zero-order valence-electron chi connectivity index (χ0n) is 15.5. The molecule has 3 aromatic heterocycles. The van der Waals surface area contributed by atoms with Crippen molar-refractivity contribution >= 4 is 16.7 Å². The lowest BCUT2D eigenvalue weighted by molar-refractivity contribution is 0.0978. The first-order chi connectivity index (χ1) is 13.7. The molecule has 4 aromatic rings. The molecule has 138 valence electrons. The maximum Gasteiger partial charge on any atom is 0.181 e. The molecular weight excluding hydrogens is 350 g/mol. The predicted molar refractivity (Wildman–Crippen MR) is 108 cm³/mol. The molecule has 0 radical (unpaired) electrons. The van der Waals surface area contributed by atoms with Crippen molar-refractivity contribution < 1.29 is 9.53 Å². The molecule has 0 aliphatic heterocycles. The van der Waals surface area contributed by atoms with E-state index in [2.05, 4.69) is 15.0 Å². The van der Waals surface area contributed by atoms with E-state index in [1.165, 1.54) is 0 Å². The Bertz CT molecular complexity index is 1110. The molecule has 5 heteroatoms. The molecule has 0 aliphatic carbocycles. The van der Waals surface area contributed by atoms with Crippen molar-refractivity contribution in [1.29, 1.82) is 0 Å². The molecule has 3 heterocycles. The van der Waals surface area contributed by atoms with Gasteiger partial charge in [-0.15, -0.1) is 0 Å². The van der Waals surface area contributed by atoms with Gasteiger partial charge in [-0.2, -0.15) is 0 Å². The van der Waals surface area contributed by atoms with Crippen LogP contribution >= 0.6 is 0 Å². The number of fused-ring (bicyclic) bond motifs is 1. The number of aromatic nitrogens is 3. The number of nitrogens with zero attached hydrogens (tertiary/aromatic N) is 3. The van der Waals surface area contributed by atoms with Crippen LogP contribution in [0.25, 0.3) is 22.0 Å². The fraction of sp³-hybridized carbons (Fsp3) is 0.130. The number of pyridine rings is 3. The van der Waals surface area contributed by atoms with Crippen LogP contribution in [0, 0.1) is 0 Å². The van der Waals surface area contributed by atoms with E-state index in [0.717, 1.165) is 33.3 Å². The molecule has 0 fully saturated rings. The van der Waals surface area contributed by atoms with Gasteiger partial charge in [0.05, 0.1) is 12.6 Å². The zero-order chi connectivity index (χ0) is 19.3. The van der Waals surface area contributed by atoms with Crippen LogP contribution in [-0.4, -0.2) is 27.8 Å². The Balaban J connectivity index is 1.64. The maximum absolute atomic E-state index is 12.7. The van der Waals surface area contributed by atoms with Gasteiger partial charge in [0.2, 0.25) is 0 Å². The van der Waals surface area contributed by atoms with E-state index in [0.29, 0.717) is 18.5 Å². The highest BCUT2D eigenvalue weighted by Gasteiger charge is 2.12. The van der Waals surface area contributed by atoms with Crippen LogP contribution in [0.1, 0.15) is 22.5 Å². The van der Waals surface area contributed by atoms with E-state index in [1.54, 1.807) is 38.0 Å². The SMILES string of the molecule is COc1ccc(-c2cncc3ccc(C(=O)CCc4ccncc4)nc23)cc1. The normalized spacial score (nSPS) is 10.8. The summed E-state index contributed by atoms with van der Waals surface area (Å²) in [5.41, 5.74) is 4.21. The summed E-state index contributed by atoms with van der Waals surface area (Å²) in [5, 5.41) is 0.902. The second-order valence-electron chi connectivity index (χ2n) is 6.46. The molecular formula is C23H19N3O2. The first kappa shape index (κ1) is 17.8. The third-order valence-corrected chi connectivity index (χ3v) is 4.68. The van der Waals surface area contributed by atoms with Gasteiger partial charge in [-0.05, 0) is 53.9 Å². The van der Waals surface area contributed by atoms with Crippen LogP contribution in [0.15, 0.2) is 73.3 Å². The van der Waals surface area contributed by atoms with Crippen molar-refractivity contribution in [3.8, 4) is 16.9 Å². The quantitative estimate of drug-likeness (QED) is 0.468. The number of ketones is 1. The lowest BCUT2D eigenvalue weighted by Gasteiger charge is -2.08. The highest BCUT2D eigenvalue weighted by atomic mass is 16.5. The highest BCUT2D eigenvalue weighted by molar-refractivity contribution is 5.99. The van der Waals surface area contributed by atoms with Gasteiger partial charge in [0.15, 0.2) is 5.78 Å². The molecule has 0 amide bonds. The average molecular weight is 369 g/mol. The number of ether oxygens (including phenoxy) is 1. The molecule has 0 aliphatic rings. The Kier molecular flexibility index (Phi) is 5.06. The van der Waals surface area contributed by atoms with Crippen LogP contribution in [0.2, 0.25) is 0 Å². The van der Waals surface area contributed by atoms with E-state index < -0.39 is 0 Å². The van der Waals surface area contributed by atoms with E-state index in [-0.39, 0.29) is 5.78 Å². The summed E-state index contributed by atoms with van der Waals surface area (Å²) in [5.74, 6) is 0.813. The van der Waals surface area contributed by atoms with Gasteiger partial charge in [0.1, 0.15) is 11.4 Å². The van der Waals surface area contributed by atoms with E-state index >= 15 is 0 Å². The molecule has 1 aromatic carbocycles. The Hall–Kier alpha value is -3.60. The van der Waals surface area contributed by atoms with Crippen molar-refractivity contribution in [3.05, 3.63) is 84.6 Å².